The molecule has 0 spiro atoms. The predicted molar refractivity (Wildman–Crippen MR) is 75.0 cm³/mol. The van der Waals surface area contributed by atoms with Crippen molar-refractivity contribution in [2.45, 2.75) is 12.8 Å². The molecule has 0 aromatic heterocycles. The van der Waals surface area contributed by atoms with E-state index in [-0.39, 0.29) is 0 Å². The zero-order valence-electron chi connectivity index (χ0n) is 9.29. The SMILES string of the molecule is CSCCCCNc1ccc(Br)cc1C#N. The van der Waals surface area contributed by atoms with Gasteiger partial charge in [-0.2, -0.15) is 17.0 Å². The van der Waals surface area contributed by atoms with Crippen LogP contribution in [0.4, 0.5) is 5.69 Å². The summed E-state index contributed by atoms with van der Waals surface area (Å²) >= 11 is 5.23. The molecule has 1 aromatic carbocycles. The molecule has 0 unspecified atom stereocenters. The van der Waals surface area contributed by atoms with Crippen molar-refractivity contribution in [3.8, 4) is 6.07 Å². The zero-order chi connectivity index (χ0) is 11.8. The van der Waals surface area contributed by atoms with Crippen LogP contribution >= 0.6 is 27.7 Å². The Balaban J connectivity index is 2.45. The van der Waals surface area contributed by atoms with E-state index < -0.39 is 0 Å². The van der Waals surface area contributed by atoms with Gasteiger partial charge in [-0.25, -0.2) is 0 Å². The molecular formula is C12H15BrN2S. The zero-order valence-corrected chi connectivity index (χ0v) is 11.7. The molecule has 0 saturated carbocycles. The van der Waals surface area contributed by atoms with E-state index in [0.29, 0.717) is 5.56 Å². The highest BCUT2D eigenvalue weighted by atomic mass is 79.9. The smallest absolute Gasteiger partial charge is 0.101 e. The highest BCUT2D eigenvalue weighted by Crippen LogP contribution is 2.20. The second-order valence-electron chi connectivity index (χ2n) is 3.43. The molecule has 2 nitrogen and oxygen atoms in total. The van der Waals surface area contributed by atoms with Gasteiger partial charge >= 0.3 is 0 Å². The number of nitrogens with zero attached hydrogens (tertiary/aromatic N) is 1. The van der Waals surface area contributed by atoms with E-state index in [9.17, 15) is 0 Å². The lowest BCUT2D eigenvalue weighted by molar-refractivity contribution is 0.843. The first-order chi connectivity index (χ1) is 7.77. The molecule has 4 heteroatoms. The summed E-state index contributed by atoms with van der Waals surface area (Å²) < 4.78 is 0.942. The third kappa shape index (κ3) is 4.46. The van der Waals surface area contributed by atoms with Crippen LogP contribution in [0.25, 0.3) is 0 Å². The van der Waals surface area contributed by atoms with Crippen LogP contribution in [0.3, 0.4) is 0 Å². The number of benzene rings is 1. The fraction of sp³-hybridized carbons (Fsp3) is 0.417. The Morgan fingerprint density at radius 2 is 2.25 bits per heavy atom. The fourth-order valence-corrected chi connectivity index (χ4v) is 2.21. The second-order valence-corrected chi connectivity index (χ2v) is 5.33. The number of hydrogen-bond donors (Lipinski definition) is 1. The number of rotatable bonds is 6. The van der Waals surface area contributed by atoms with Crippen LogP contribution in [0.5, 0.6) is 0 Å². The number of thioether (sulfide) groups is 1. The number of anilines is 1. The van der Waals surface area contributed by atoms with E-state index >= 15 is 0 Å². The first kappa shape index (κ1) is 13.4. The largest absolute Gasteiger partial charge is 0.384 e. The molecule has 0 atom stereocenters. The Kier molecular flexibility index (Phi) is 6.36. The van der Waals surface area contributed by atoms with Gasteiger partial charge in [0.05, 0.1) is 11.3 Å². The lowest BCUT2D eigenvalue weighted by atomic mass is 10.2. The van der Waals surface area contributed by atoms with Gasteiger partial charge in [0.1, 0.15) is 6.07 Å². The van der Waals surface area contributed by atoms with E-state index in [1.807, 2.05) is 30.0 Å². The molecule has 0 saturated heterocycles. The molecule has 1 aromatic rings. The number of unbranched alkanes of at least 4 members (excludes halogenated alkanes) is 1. The minimum atomic E-state index is 0.694. The molecule has 16 heavy (non-hydrogen) atoms. The Labute approximate surface area is 110 Å². The summed E-state index contributed by atoms with van der Waals surface area (Å²) in [5.74, 6) is 1.20. The van der Waals surface area contributed by atoms with Gasteiger partial charge in [-0.05, 0) is 43.0 Å². The molecule has 0 heterocycles. The number of nitrogens with one attached hydrogen (secondary N) is 1. The highest BCUT2D eigenvalue weighted by molar-refractivity contribution is 9.10. The van der Waals surface area contributed by atoms with Gasteiger partial charge in [0, 0.05) is 11.0 Å². The summed E-state index contributed by atoms with van der Waals surface area (Å²) in [7, 11) is 0. The van der Waals surface area contributed by atoms with Crippen molar-refractivity contribution in [3.05, 3.63) is 28.2 Å². The number of hydrogen-bond acceptors (Lipinski definition) is 3. The average molecular weight is 299 g/mol. The Morgan fingerprint density at radius 1 is 1.44 bits per heavy atom. The van der Waals surface area contributed by atoms with E-state index in [1.165, 1.54) is 12.2 Å². The summed E-state index contributed by atoms with van der Waals surface area (Å²) in [6, 6.07) is 7.92. The van der Waals surface area contributed by atoms with Crippen molar-refractivity contribution in [1.82, 2.24) is 0 Å². The summed E-state index contributed by atoms with van der Waals surface area (Å²) in [5, 5.41) is 12.3. The summed E-state index contributed by atoms with van der Waals surface area (Å²) in [6.07, 6.45) is 4.48. The van der Waals surface area contributed by atoms with Crippen molar-refractivity contribution < 1.29 is 0 Å². The summed E-state index contributed by atoms with van der Waals surface area (Å²) in [5.41, 5.74) is 1.62. The monoisotopic (exact) mass is 298 g/mol. The van der Waals surface area contributed by atoms with Crippen LogP contribution < -0.4 is 5.32 Å². The van der Waals surface area contributed by atoms with Gasteiger partial charge in [-0.15, -0.1) is 0 Å². The molecular weight excluding hydrogens is 284 g/mol. The van der Waals surface area contributed by atoms with E-state index in [2.05, 4.69) is 33.6 Å². The normalized spacial score (nSPS) is 9.81. The summed E-state index contributed by atoms with van der Waals surface area (Å²) in [4.78, 5) is 0. The van der Waals surface area contributed by atoms with Crippen LogP contribution in [0.2, 0.25) is 0 Å². The van der Waals surface area contributed by atoms with E-state index in [4.69, 9.17) is 5.26 Å². The topological polar surface area (TPSA) is 35.8 Å². The van der Waals surface area contributed by atoms with E-state index in [1.54, 1.807) is 0 Å². The lowest BCUT2D eigenvalue weighted by Gasteiger charge is -2.08. The van der Waals surface area contributed by atoms with E-state index in [0.717, 1.165) is 23.1 Å². The van der Waals surface area contributed by atoms with Crippen LogP contribution in [-0.2, 0) is 0 Å². The standard InChI is InChI=1S/C12H15BrN2S/c1-16-7-3-2-6-15-12-5-4-11(13)8-10(12)9-14/h4-5,8,15H,2-3,6-7H2,1H3. The molecule has 0 radical (unpaired) electrons. The molecule has 0 bridgehead atoms. The van der Waals surface area contributed by atoms with Crippen LogP contribution in [0.15, 0.2) is 22.7 Å². The lowest BCUT2D eigenvalue weighted by Crippen LogP contribution is -2.03. The molecule has 1 N–H and O–H groups in total. The van der Waals surface area contributed by atoms with Crippen molar-refractivity contribution in [3.63, 3.8) is 0 Å². The third-order valence-corrected chi connectivity index (χ3v) is 3.38. The Morgan fingerprint density at radius 3 is 2.94 bits per heavy atom. The van der Waals surface area contributed by atoms with Gasteiger partial charge < -0.3 is 5.32 Å². The number of nitriles is 1. The van der Waals surface area contributed by atoms with Crippen LogP contribution in [0, 0.1) is 11.3 Å². The van der Waals surface area contributed by atoms with Crippen molar-refractivity contribution in [2.24, 2.45) is 0 Å². The molecule has 0 aliphatic heterocycles. The van der Waals surface area contributed by atoms with Gasteiger partial charge in [0.2, 0.25) is 0 Å². The van der Waals surface area contributed by atoms with Crippen molar-refractivity contribution >= 4 is 33.4 Å². The minimum Gasteiger partial charge on any atom is -0.384 e. The summed E-state index contributed by atoms with van der Waals surface area (Å²) in [6.45, 7) is 0.927. The maximum absolute atomic E-state index is 8.97. The molecule has 0 aliphatic carbocycles. The molecule has 0 fully saturated rings. The maximum Gasteiger partial charge on any atom is 0.101 e. The first-order valence-corrected chi connectivity index (χ1v) is 7.39. The quantitative estimate of drug-likeness (QED) is 0.810. The van der Waals surface area contributed by atoms with Crippen LogP contribution in [0.1, 0.15) is 18.4 Å². The van der Waals surface area contributed by atoms with Gasteiger partial charge in [0.15, 0.2) is 0 Å². The minimum absolute atomic E-state index is 0.694. The van der Waals surface area contributed by atoms with Crippen molar-refractivity contribution in [2.75, 3.05) is 23.9 Å². The average Bonchev–Trinajstić information content (AvgIpc) is 2.30. The highest BCUT2D eigenvalue weighted by Gasteiger charge is 2.01. The van der Waals surface area contributed by atoms with Gasteiger partial charge in [0.25, 0.3) is 0 Å². The molecule has 0 aliphatic rings. The molecule has 1 rings (SSSR count). The maximum atomic E-state index is 8.97. The molecule has 86 valence electrons. The van der Waals surface area contributed by atoms with Crippen LogP contribution in [-0.4, -0.2) is 18.6 Å². The molecule has 0 amide bonds. The van der Waals surface area contributed by atoms with Crippen molar-refractivity contribution in [1.29, 1.82) is 5.26 Å². The second kappa shape index (κ2) is 7.59. The van der Waals surface area contributed by atoms with Gasteiger partial charge in [-0.3, -0.25) is 0 Å². The number of halogens is 1. The fourth-order valence-electron chi connectivity index (χ4n) is 1.36. The predicted octanol–water partition coefficient (Wildman–Crippen LogP) is 3.88. The van der Waals surface area contributed by atoms with Gasteiger partial charge in [-0.1, -0.05) is 15.9 Å². The Bertz CT molecular complexity index is 374. The third-order valence-electron chi connectivity index (χ3n) is 2.19. The Hall–Kier alpha value is -0.660. The first-order valence-electron chi connectivity index (χ1n) is 5.20.